The van der Waals surface area contributed by atoms with Gasteiger partial charge in [0.1, 0.15) is 0 Å². The van der Waals surface area contributed by atoms with Crippen LogP contribution in [-0.2, 0) is 0 Å². The van der Waals surface area contributed by atoms with E-state index in [4.69, 9.17) is 44.9 Å². The van der Waals surface area contributed by atoms with Crippen LogP contribution < -0.4 is 76.8 Å². The van der Waals surface area contributed by atoms with Gasteiger partial charge in [0.05, 0.1) is 0 Å². The van der Waals surface area contributed by atoms with Gasteiger partial charge in [0.15, 0.2) is 0 Å². The first kappa shape index (κ1) is 87.9. The maximum absolute atomic E-state index is 5.81. The van der Waals surface area contributed by atoms with Gasteiger partial charge in [0.2, 0.25) is 53.5 Å². The highest BCUT2D eigenvalue weighted by atomic mass is 15.4. The van der Waals surface area contributed by atoms with Crippen molar-refractivity contribution in [3.63, 3.8) is 0 Å². The van der Waals surface area contributed by atoms with Crippen molar-refractivity contribution < 1.29 is 0 Å². The third-order valence-electron chi connectivity index (χ3n) is 24.0. The molecule has 0 aliphatic carbocycles. The molecule has 9 rings (SSSR count). The molecule has 0 amide bonds. The van der Waals surface area contributed by atoms with Gasteiger partial charge in [0.25, 0.3) is 0 Å². The zero-order valence-corrected chi connectivity index (χ0v) is 74.9. The molecule has 6 aliphatic heterocycles. The summed E-state index contributed by atoms with van der Waals surface area (Å²) in [6.07, 6.45) is 19.8. The molecule has 0 radical (unpaired) electrons. The van der Waals surface area contributed by atoms with Crippen molar-refractivity contribution in [2.45, 2.75) is 425 Å². The van der Waals surface area contributed by atoms with Crippen LogP contribution in [0.3, 0.4) is 0 Å². The van der Waals surface area contributed by atoms with Gasteiger partial charge in [-0.2, -0.15) is 44.9 Å². The molecule has 0 bridgehead atoms. The predicted molar refractivity (Wildman–Crippen MR) is 460 cm³/mol. The lowest BCUT2D eigenvalue weighted by molar-refractivity contribution is 0.156. The minimum Gasteiger partial charge on any atom is -0.352 e. The van der Waals surface area contributed by atoms with E-state index in [0.717, 1.165) is 178 Å². The fourth-order valence-electron chi connectivity index (χ4n) is 21.6. The van der Waals surface area contributed by atoms with Crippen LogP contribution in [0.2, 0.25) is 0 Å². The molecule has 0 spiro atoms. The molecule has 0 saturated carbocycles. The number of anilines is 9. The minimum atomic E-state index is -0.115. The summed E-state index contributed by atoms with van der Waals surface area (Å²) in [4.78, 5) is 68.1. The number of aromatic nitrogens is 9. The number of rotatable bonds is 33. The summed E-state index contributed by atoms with van der Waals surface area (Å²) < 4.78 is 0. The Hall–Kier alpha value is -5.01. The maximum Gasteiger partial charge on any atom is 0.232 e. The Balaban J connectivity index is 1.20. The van der Waals surface area contributed by atoms with E-state index in [1.54, 1.807) is 0 Å². The van der Waals surface area contributed by atoms with Crippen LogP contribution >= 0.6 is 0 Å². The third kappa shape index (κ3) is 24.5. The molecule has 24 nitrogen and oxygen atoms in total. The number of hydrogen-bond acceptors (Lipinski definition) is 24. The largest absolute Gasteiger partial charge is 0.352 e. The summed E-state index contributed by atoms with van der Waals surface area (Å²) in [6.45, 7) is 70.9. The molecule has 0 aromatic carbocycles. The van der Waals surface area contributed by atoms with Crippen LogP contribution in [0.5, 0.6) is 0 Å². The number of nitrogens with zero attached hydrogens (tertiary/aromatic N) is 16. The number of nitrogens with one attached hydrogen (secondary N) is 8. The minimum absolute atomic E-state index is 0.0882. The second-order valence-corrected chi connectivity index (χ2v) is 42.7. The predicted octanol–water partition coefficient (Wildman–Crippen LogP) is 14.4. The van der Waals surface area contributed by atoms with Crippen molar-refractivity contribution in [2.24, 2.45) is 0 Å². The zero-order chi connectivity index (χ0) is 80.5. The molecule has 3 aromatic heterocycles. The number of unbranched alkanes of at least 4 members (excludes halogenated alkanes) is 4. The molecule has 24 heteroatoms. The average molecular weight is 1520 g/mol. The van der Waals surface area contributed by atoms with Gasteiger partial charge in [-0.3, -0.25) is 0 Å². The van der Waals surface area contributed by atoms with E-state index in [2.05, 4.69) is 285 Å². The molecule has 0 atom stereocenters. The topological polar surface area (TPSA) is 235 Å². The fourth-order valence-corrected chi connectivity index (χ4v) is 21.6. The van der Waals surface area contributed by atoms with E-state index in [-0.39, 0.29) is 103 Å². The van der Waals surface area contributed by atoms with Crippen LogP contribution in [0.15, 0.2) is 0 Å². The quantitative estimate of drug-likeness (QED) is 0.0283. The summed E-state index contributed by atoms with van der Waals surface area (Å²) in [5, 5.41) is 31.7. The fraction of sp³-hybridized carbons (Fsp3) is 0.894. The van der Waals surface area contributed by atoms with E-state index in [9.17, 15) is 0 Å². The lowest BCUT2D eigenvalue weighted by Gasteiger charge is -2.50. The monoisotopic (exact) mass is 1520 g/mol. The first-order chi connectivity index (χ1) is 50.3. The van der Waals surface area contributed by atoms with Gasteiger partial charge < -0.3 is 76.8 Å². The van der Waals surface area contributed by atoms with Gasteiger partial charge in [-0.05, 0) is 269 Å². The maximum atomic E-state index is 5.81. The molecule has 0 unspecified atom stereocenters. The highest BCUT2D eigenvalue weighted by molar-refractivity contribution is 5.52. The Morgan fingerprint density at radius 3 is 0.679 bits per heavy atom. The summed E-state index contributed by atoms with van der Waals surface area (Å²) >= 11 is 0. The molecule has 3 aromatic rings. The molecule has 9 heterocycles. The molecule has 6 saturated heterocycles. The summed E-state index contributed by atoms with van der Waals surface area (Å²) in [7, 11) is 4.43. The van der Waals surface area contributed by atoms with Gasteiger partial charge in [-0.25, -0.2) is 0 Å². The molecule has 6 fully saturated rings. The molecular formula is C85H160N24. The lowest BCUT2D eigenvalue weighted by Crippen LogP contribution is -2.63. The van der Waals surface area contributed by atoms with Crippen molar-refractivity contribution in [2.75, 3.05) is 111 Å². The Kier molecular flexibility index (Phi) is 27.3. The van der Waals surface area contributed by atoms with Crippen molar-refractivity contribution in [3.05, 3.63) is 0 Å². The van der Waals surface area contributed by atoms with Crippen LogP contribution in [-0.4, -0.2) is 214 Å². The van der Waals surface area contributed by atoms with Gasteiger partial charge in [0, 0.05) is 169 Å². The molecule has 109 heavy (non-hydrogen) atoms. The first-order valence-corrected chi connectivity index (χ1v) is 43.1. The lowest BCUT2D eigenvalue weighted by atomic mass is 9.79. The van der Waals surface area contributed by atoms with Gasteiger partial charge >= 0.3 is 0 Å². The van der Waals surface area contributed by atoms with Crippen LogP contribution in [0.25, 0.3) is 0 Å². The third-order valence-corrected chi connectivity index (χ3v) is 24.0. The summed E-state index contributed by atoms with van der Waals surface area (Å²) in [5.74, 6) is 6.11. The zero-order valence-electron chi connectivity index (χ0n) is 74.9. The number of hydrogen-bond donors (Lipinski definition) is 8. The highest BCUT2D eigenvalue weighted by Gasteiger charge is 2.48. The van der Waals surface area contributed by atoms with Crippen LogP contribution in [0, 0.1) is 0 Å². The van der Waals surface area contributed by atoms with Crippen molar-refractivity contribution >= 4 is 53.5 Å². The first-order valence-electron chi connectivity index (χ1n) is 43.1. The van der Waals surface area contributed by atoms with E-state index < -0.39 is 0 Å². The number of piperidine rings is 6. The molecule has 6 aliphatic rings. The van der Waals surface area contributed by atoms with E-state index in [0.29, 0.717) is 55.9 Å². The normalized spacial score (nSPS) is 23.5. The van der Waals surface area contributed by atoms with Gasteiger partial charge in [-0.15, -0.1) is 0 Å². The Bertz CT molecular complexity index is 3260. The van der Waals surface area contributed by atoms with Crippen molar-refractivity contribution in [1.82, 2.24) is 76.8 Å². The van der Waals surface area contributed by atoms with E-state index in [1.807, 2.05) is 0 Å². The Morgan fingerprint density at radius 1 is 0.257 bits per heavy atom. The molecule has 8 N–H and O–H groups in total. The average Bonchev–Trinajstić information content (AvgIpc) is 0.778. The molecular weight excluding hydrogens is 1360 g/mol. The van der Waals surface area contributed by atoms with Crippen molar-refractivity contribution in [3.8, 4) is 0 Å². The highest BCUT2D eigenvalue weighted by Crippen LogP contribution is 2.42. The Morgan fingerprint density at radius 2 is 0.440 bits per heavy atom. The van der Waals surface area contributed by atoms with E-state index >= 15 is 0 Å². The van der Waals surface area contributed by atoms with E-state index in [1.165, 1.54) is 0 Å². The van der Waals surface area contributed by atoms with Crippen LogP contribution in [0.4, 0.5) is 53.5 Å². The second kappa shape index (κ2) is 33.8. The molecule has 620 valence electrons. The van der Waals surface area contributed by atoms with Crippen LogP contribution in [0.1, 0.15) is 322 Å². The standard InChI is InChI=1S/C85H160N24/c1-31-35-41-106(61-51-78(13,14)99-79(15,16)52-61)70-89-65(88-67(93-70)103(29)59-47-74(5,6)97-75(7,8)48-59)86-39-45-105(69-92-68(104(30)60-49-76(9,10)98-77(11,12)50-60)94-73(95-69)109(44-38-34-4)64-57-84(25,26)102-85(27,28)58-64)46-40-87-66-90-71(107(42-36-32-2)62-53-80(17,18)100-81(19,20)54-62)96-72(91-66)108(43-37-33-3)63-55-82(21,22)101-83(23,24)56-63/h59-64,97-102H,31-58H2,1-30H3,(H,86,88,89,93)(H,87,90,91,96). The summed E-state index contributed by atoms with van der Waals surface area (Å²) in [5.41, 5.74) is -1.17. The smallest absolute Gasteiger partial charge is 0.232 e. The second-order valence-electron chi connectivity index (χ2n) is 42.7. The van der Waals surface area contributed by atoms with Gasteiger partial charge in [-0.1, -0.05) is 53.4 Å². The Labute approximate surface area is 663 Å². The van der Waals surface area contributed by atoms with Crippen molar-refractivity contribution in [1.29, 1.82) is 0 Å². The summed E-state index contributed by atoms with van der Waals surface area (Å²) in [6, 6.07) is 1.15. The SMILES string of the molecule is CCCCN(c1nc(NCCN(CCNc2nc(N(CCCC)C3CC(C)(C)NC(C)(C)C3)nc(N(CCCC)C3CC(C)(C)NC(C)(C)C3)n2)c2nc(N(C)C3CC(C)(C)NC(C)(C)C3)nc(N(CCCC)C3CC(C)(C)NC(C)(C)C3)n2)nc(N(C)C2CC(C)(C)NC(C)(C)C2)n1)C1CC(C)(C)NC(C)(C)C1.